The molecule has 0 saturated heterocycles. The lowest BCUT2D eigenvalue weighted by Gasteiger charge is -2.16. The van der Waals surface area contributed by atoms with Crippen molar-refractivity contribution in [3.05, 3.63) is 52.7 Å². The largest absolute Gasteiger partial charge is 0.482 e. The summed E-state index contributed by atoms with van der Waals surface area (Å²) in [5, 5.41) is 0. The number of hydrogen-bond acceptors (Lipinski definition) is 1. The zero-order valence-corrected chi connectivity index (χ0v) is 13.9. The molecule has 2 atom stereocenters. The van der Waals surface area contributed by atoms with Gasteiger partial charge in [-0.25, -0.2) is 0 Å². The fourth-order valence-corrected chi connectivity index (χ4v) is 4.54. The molecule has 2 aliphatic rings. The van der Waals surface area contributed by atoms with Crippen molar-refractivity contribution < 1.29 is 4.74 Å². The van der Waals surface area contributed by atoms with Gasteiger partial charge in [0.2, 0.25) is 0 Å². The van der Waals surface area contributed by atoms with Crippen LogP contribution in [0.25, 0.3) is 0 Å². The SMILES string of the molecule is COc1c2c(c([C@@H]3C[C@]3(C)c3ccccc3)n1C)CCCC2. The molecule has 2 nitrogen and oxygen atoms in total. The fraction of sp³-hybridized carbons (Fsp3) is 0.500. The zero-order chi connectivity index (χ0) is 15.3. The second-order valence-corrected chi connectivity index (χ2v) is 7.16. The number of aromatic nitrogens is 1. The summed E-state index contributed by atoms with van der Waals surface area (Å²) in [5.41, 5.74) is 6.38. The molecule has 2 heteroatoms. The van der Waals surface area contributed by atoms with Crippen LogP contribution in [0.3, 0.4) is 0 Å². The first-order valence-corrected chi connectivity index (χ1v) is 8.46. The Bertz CT molecular complexity index is 700. The molecule has 0 spiro atoms. The predicted octanol–water partition coefficient (Wildman–Crippen LogP) is 4.36. The highest BCUT2D eigenvalue weighted by Crippen LogP contribution is 2.62. The Morgan fingerprint density at radius 3 is 2.45 bits per heavy atom. The van der Waals surface area contributed by atoms with E-state index in [0.29, 0.717) is 11.3 Å². The molecule has 1 heterocycles. The lowest BCUT2D eigenvalue weighted by molar-refractivity contribution is 0.374. The first-order chi connectivity index (χ1) is 10.7. The number of hydrogen-bond donors (Lipinski definition) is 0. The minimum atomic E-state index is 0.295. The van der Waals surface area contributed by atoms with Gasteiger partial charge in [-0.1, -0.05) is 37.3 Å². The number of rotatable bonds is 3. The molecule has 0 radical (unpaired) electrons. The van der Waals surface area contributed by atoms with Crippen molar-refractivity contribution in [3.8, 4) is 5.88 Å². The van der Waals surface area contributed by atoms with Gasteiger partial charge in [-0.2, -0.15) is 0 Å². The maximum Gasteiger partial charge on any atom is 0.196 e. The van der Waals surface area contributed by atoms with Gasteiger partial charge >= 0.3 is 0 Å². The molecule has 2 aliphatic carbocycles. The second-order valence-electron chi connectivity index (χ2n) is 7.16. The molecule has 2 aromatic rings. The van der Waals surface area contributed by atoms with E-state index in [0.717, 1.165) is 5.88 Å². The molecule has 1 aromatic carbocycles. The maximum atomic E-state index is 5.74. The third-order valence-electron chi connectivity index (χ3n) is 5.89. The van der Waals surface area contributed by atoms with Crippen LogP contribution in [-0.2, 0) is 25.3 Å². The monoisotopic (exact) mass is 295 g/mol. The molecule has 0 N–H and O–H groups in total. The zero-order valence-electron chi connectivity index (χ0n) is 13.9. The smallest absolute Gasteiger partial charge is 0.196 e. The lowest BCUT2D eigenvalue weighted by atomic mass is 9.89. The van der Waals surface area contributed by atoms with Crippen molar-refractivity contribution in [3.63, 3.8) is 0 Å². The number of benzene rings is 1. The molecule has 1 fully saturated rings. The van der Waals surface area contributed by atoms with E-state index in [2.05, 4.69) is 48.9 Å². The van der Waals surface area contributed by atoms with Crippen LogP contribution in [0.5, 0.6) is 5.88 Å². The standard InChI is InChI=1S/C20H25NO/c1-20(14-9-5-4-6-10-14)13-17(20)18-15-11-7-8-12-16(15)19(22-3)21(18)2/h4-6,9-10,17H,7-8,11-13H2,1-3H3/t17-,20+/m0/s1. The molecule has 116 valence electrons. The van der Waals surface area contributed by atoms with Crippen LogP contribution in [0, 0.1) is 0 Å². The number of fused-ring (bicyclic) bond motifs is 1. The molecular weight excluding hydrogens is 270 g/mol. The minimum Gasteiger partial charge on any atom is -0.482 e. The summed E-state index contributed by atoms with van der Waals surface area (Å²) in [7, 11) is 4.01. The van der Waals surface area contributed by atoms with Crippen molar-refractivity contribution in [1.82, 2.24) is 4.57 Å². The fourth-order valence-electron chi connectivity index (χ4n) is 4.54. The highest BCUT2D eigenvalue weighted by atomic mass is 16.5. The minimum absolute atomic E-state index is 0.295. The van der Waals surface area contributed by atoms with E-state index in [1.807, 2.05) is 7.11 Å². The average molecular weight is 295 g/mol. The molecule has 0 amide bonds. The van der Waals surface area contributed by atoms with Crippen LogP contribution in [0.4, 0.5) is 0 Å². The molecule has 0 unspecified atom stereocenters. The molecule has 0 bridgehead atoms. The summed E-state index contributed by atoms with van der Waals surface area (Å²) in [6, 6.07) is 11.0. The third kappa shape index (κ3) is 1.86. The van der Waals surface area contributed by atoms with E-state index < -0.39 is 0 Å². The summed E-state index contributed by atoms with van der Waals surface area (Å²) in [4.78, 5) is 0. The van der Waals surface area contributed by atoms with Gasteiger partial charge in [-0.05, 0) is 43.2 Å². The third-order valence-corrected chi connectivity index (χ3v) is 5.89. The normalized spacial score (nSPS) is 26.6. The van der Waals surface area contributed by atoms with Gasteiger partial charge in [0.1, 0.15) is 0 Å². The van der Waals surface area contributed by atoms with Gasteiger partial charge in [0, 0.05) is 29.6 Å². The van der Waals surface area contributed by atoms with Gasteiger partial charge in [0.15, 0.2) is 5.88 Å². The van der Waals surface area contributed by atoms with E-state index in [1.54, 1.807) is 5.56 Å². The van der Waals surface area contributed by atoms with Crippen molar-refractivity contribution in [2.24, 2.45) is 7.05 Å². The first-order valence-electron chi connectivity index (χ1n) is 8.46. The van der Waals surface area contributed by atoms with Crippen molar-refractivity contribution in [2.45, 2.75) is 50.4 Å². The number of nitrogens with zero attached hydrogens (tertiary/aromatic N) is 1. The lowest BCUT2D eigenvalue weighted by Crippen LogP contribution is -2.08. The van der Waals surface area contributed by atoms with Crippen molar-refractivity contribution in [2.75, 3.05) is 7.11 Å². The summed E-state index contributed by atoms with van der Waals surface area (Å²) < 4.78 is 8.08. The topological polar surface area (TPSA) is 14.2 Å². The average Bonchev–Trinajstić information content (AvgIpc) is 3.14. The predicted molar refractivity (Wildman–Crippen MR) is 89.8 cm³/mol. The van der Waals surface area contributed by atoms with E-state index in [-0.39, 0.29) is 0 Å². The van der Waals surface area contributed by atoms with E-state index in [4.69, 9.17) is 4.74 Å². The highest BCUT2D eigenvalue weighted by molar-refractivity contribution is 5.51. The van der Waals surface area contributed by atoms with Gasteiger partial charge in [0.25, 0.3) is 0 Å². The van der Waals surface area contributed by atoms with Crippen LogP contribution in [-0.4, -0.2) is 11.7 Å². The van der Waals surface area contributed by atoms with Gasteiger partial charge < -0.3 is 9.30 Å². The van der Waals surface area contributed by atoms with Crippen molar-refractivity contribution in [1.29, 1.82) is 0 Å². The van der Waals surface area contributed by atoms with Crippen LogP contribution in [0.1, 0.15) is 54.5 Å². The molecule has 1 saturated carbocycles. The molecular formula is C20H25NO. The summed E-state index contributed by atoms with van der Waals surface area (Å²) in [5.74, 6) is 1.74. The Labute approximate surface area is 133 Å². The Morgan fingerprint density at radius 2 is 1.77 bits per heavy atom. The summed E-state index contributed by atoms with van der Waals surface area (Å²) in [6.07, 6.45) is 6.28. The quantitative estimate of drug-likeness (QED) is 0.820. The molecule has 4 rings (SSSR count). The van der Waals surface area contributed by atoms with Gasteiger partial charge in [-0.3, -0.25) is 0 Å². The Morgan fingerprint density at radius 1 is 1.09 bits per heavy atom. The molecule has 22 heavy (non-hydrogen) atoms. The second kappa shape index (κ2) is 4.91. The molecule has 1 aromatic heterocycles. The maximum absolute atomic E-state index is 5.74. The van der Waals surface area contributed by atoms with Crippen LogP contribution in [0.2, 0.25) is 0 Å². The first kappa shape index (κ1) is 13.9. The summed E-state index contributed by atoms with van der Waals surface area (Å²) in [6.45, 7) is 2.42. The van der Waals surface area contributed by atoms with Crippen molar-refractivity contribution >= 4 is 0 Å². The highest BCUT2D eigenvalue weighted by Gasteiger charge is 2.54. The molecule has 0 aliphatic heterocycles. The van der Waals surface area contributed by atoms with E-state index in [1.165, 1.54) is 48.9 Å². The van der Waals surface area contributed by atoms with Crippen LogP contribution < -0.4 is 4.74 Å². The number of ether oxygens (including phenoxy) is 1. The van der Waals surface area contributed by atoms with E-state index >= 15 is 0 Å². The Balaban J connectivity index is 1.78. The summed E-state index contributed by atoms with van der Waals surface area (Å²) >= 11 is 0. The van der Waals surface area contributed by atoms with Gasteiger partial charge in [0.05, 0.1) is 7.11 Å². The van der Waals surface area contributed by atoms with Gasteiger partial charge in [-0.15, -0.1) is 0 Å². The number of methoxy groups -OCH3 is 1. The van der Waals surface area contributed by atoms with Crippen LogP contribution >= 0.6 is 0 Å². The Kier molecular flexibility index (Phi) is 3.11. The van der Waals surface area contributed by atoms with E-state index in [9.17, 15) is 0 Å². The van der Waals surface area contributed by atoms with Crippen LogP contribution in [0.15, 0.2) is 30.3 Å². The Hall–Kier alpha value is -1.70.